The summed E-state index contributed by atoms with van der Waals surface area (Å²) in [5.74, 6) is 0. The van der Waals surface area contributed by atoms with Gasteiger partial charge in [-0.2, -0.15) is 10.2 Å². The molecule has 0 spiro atoms. The van der Waals surface area contributed by atoms with Crippen LogP contribution < -0.4 is 10.7 Å². The van der Waals surface area contributed by atoms with Crippen molar-refractivity contribution in [1.29, 1.82) is 0 Å². The molecule has 2 N–H and O–H groups in total. The van der Waals surface area contributed by atoms with Gasteiger partial charge in [-0.3, -0.25) is 5.43 Å². The molecule has 21 heavy (non-hydrogen) atoms. The van der Waals surface area contributed by atoms with Crippen LogP contribution in [0, 0.1) is 13.8 Å². The molecule has 0 aliphatic rings. The molecule has 6 heteroatoms. The van der Waals surface area contributed by atoms with Crippen molar-refractivity contribution in [3.05, 3.63) is 47.3 Å². The quantitative estimate of drug-likeness (QED) is 0.517. The Balaban J connectivity index is 2.20. The second kappa shape index (κ2) is 6.99. The maximum absolute atomic E-state index is 5.06. The minimum atomic E-state index is 0.513. The van der Waals surface area contributed by atoms with E-state index >= 15 is 0 Å². The maximum atomic E-state index is 5.06. The topological polar surface area (TPSA) is 54.2 Å². The molecule has 2 rings (SSSR count). The van der Waals surface area contributed by atoms with E-state index in [-0.39, 0.29) is 0 Å². The summed E-state index contributed by atoms with van der Waals surface area (Å²) in [5.41, 5.74) is 6.78. The van der Waals surface area contributed by atoms with E-state index in [4.69, 9.17) is 12.2 Å². The average Bonchev–Trinajstić information content (AvgIpc) is 2.76. The van der Waals surface area contributed by atoms with Gasteiger partial charge in [0.1, 0.15) is 0 Å². The molecule has 0 aliphatic carbocycles. The van der Waals surface area contributed by atoms with Crippen LogP contribution in [0.2, 0.25) is 0 Å². The van der Waals surface area contributed by atoms with Gasteiger partial charge in [-0.15, -0.1) is 0 Å². The second-order valence-corrected chi connectivity index (χ2v) is 4.97. The van der Waals surface area contributed by atoms with Crippen LogP contribution in [0.5, 0.6) is 0 Å². The van der Waals surface area contributed by atoms with Crippen LogP contribution in [0.25, 0.3) is 5.69 Å². The van der Waals surface area contributed by atoms with Gasteiger partial charge in [0.25, 0.3) is 0 Å². The smallest absolute Gasteiger partial charge is 0.186 e. The normalized spacial score (nSPS) is 10.8. The van der Waals surface area contributed by atoms with Crippen LogP contribution in [0.1, 0.15) is 23.9 Å². The number of benzene rings is 1. The van der Waals surface area contributed by atoms with E-state index in [2.05, 4.69) is 20.9 Å². The lowest BCUT2D eigenvalue weighted by Gasteiger charge is -2.04. The van der Waals surface area contributed by atoms with Crippen molar-refractivity contribution in [2.75, 3.05) is 6.54 Å². The first-order chi connectivity index (χ1) is 10.1. The van der Waals surface area contributed by atoms with E-state index < -0.39 is 0 Å². The number of hydrazone groups is 1. The van der Waals surface area contributed by atoms with Crippen molar-refractivity contribution < 1.29 is 0 Å². The summed E-state index contributed by atoms with van der Waals surface area (Å²) in [5, 5.41) is 12.2. The fourth-order valence-electron chi connectivity index (χ4n) is 2.02. The number of nitrogens with one attached hydrogen (secondary N) is 2. The Hall–Kier alpha value is -2.21. The third-order valence-corrected chi connectivity index (χ3v) is 3.28. The summed E-state index contributed by atoms with van der Waals surface area (Å²) in [6, 6.07) is 10.0. The second-order valence-electron chi connectivity index (χ2n) is 4.56. The number of aryl methyl sites for hydroxylation is 1. The van der Waals surface area contributed by atoms with Gasteiger partial charge in [0.05, 0.1) is 23.3 Å². The van der Waals surface area contributed by atoms with E-state index in [0.29, 0.717) is 5.11 Å². The van der Waals surface area contributed by atoms with Crippen LogP contribution in [0.3, 0.4) is 0 Å². The lowest BCUT2D eigenvalue weighted by atomic mass is 10.2. The van der Waals surface area contributed by atoms with E-state index in [9.17, 15) is 0 Å². The van der Waals surface area contributed by atoms with Gasteiger partial charge in [0.2, 0.25) is 0 Å². The number of thiocarbonyl (C=S) groups is 1. The van der Waals surface area contributed by atoms with Crippen LogP contribution in [0.15, 0.2) is 35.4 Å². The Bertz CT molecular complexity index is 646. The average molecular weight is 301 g/mol. The first-order valence-corrected chi connectivity index (χ1v) is 7.23. The molecule has 0 saturated heterocycles. The largest absolute Gasteiger partial charge is 0.362 e. The molecule has 0 atom stereocenters. The van der Waals surface area contributed by atoms with Gasteiger partial charge >= 0.3 is 0 Å². The Kier molecular flexibility index (Phi) is 5.05. The van der Waals surface area contributed by atoms with Crippen LogP contribution in [-0.4, -0.2) is 27.7 Å². The zero-order valence-corrected chi connectivity index (χ0v) is 13.2. The van der Waals surface area contributed by atoms with Gasteiger partial charge < -0.3 is 5.32 Å². The minimum Gasteiger partial charge on any atom is -0.362 e. The summed E-state index contributed by atoms with van der Waals surface area (Å²) in [4.78, 5) is 0. The van der Waals surface area contributed by atoms with Gasteiger partial charge in [-0.25, -0.2) is 4.68 Å². The Labute approximate surface area is 130 Å². The molecule has 1 aromatic carbocycles. The third-order valence-electron chi connectivity index (χ3n) is 3.05. The highest BCUT2D eigenvalue weighted by Crippen LogP contribution is 2.15. The summed E-state index contributed by atoms with van der Waals surface area (Å²) in [6.45, 7) is 6.74. The molecule has 0 radical (unpaired) electrons. The van der Waals surface area contributed by atoms with Crippen molar-refractivity contribution in [3.8, 4) is 5.69 Å². The highest BCUT2D eigenvalue weighted by molar-refractivity contribution is 7.80. The number of aromatic nitrogens is 2. The molecular formula is C15H19N5S. The number of rotatable bonds is 4. The number of nitrogens with zero attached hydrogens (tertiary/aromatic N) is 3. The van der Waals surface area contributed by atoms with Gasteiger partial charge in [0.15, 0.2) is 5.11 Å². The lowest BCUT2D eigenvalue weighted by molar-refractivity contribution is 0.833. The first kappa shape index (κ1) is 15.2. The minimum absolute atomic E-state index is 0.513. The molecule has 5 nitrogen and oxygen atoms in total. The van der Waals surface area contributed by atoms with E-state index in [1.807, 2.05) is 55.8 Å². The zero-order valence-electron chi connectivity index (χ0n) is 12.4. The van der Waals surface area contributed by atoms with E-state index in [1.54, 1.807) is 6.21 Å². The predicted octanol–water partition coefficient (Wildman–Crippen LogP) is 2.31. The van der Waals surface area contributed by atoms with Crippen molar-refractivity contribution in [1.82, 2.24) is 20.5 Å². The Morgan fingerprint density at radius 1 is 1.33 bits per heavy atom. The highest BCUT2D eigenvalue weighted by atomic mass is 32.1. The first-order valence-electron chi connectivity index (χ1n) is 6.82. The molecule has 110 valence electrons. The molecule has 0 saturated carbocycles. The van der Waals surface area contributed by atoms with Crippen molar-refractivity contribution in [3.63, 3.8) is 0 Å². The Morgan fingerprint density at radius 3 is 2.71 bits per heavy atom. The fraction of sp³-hybridized carbons (Fsp3) is 0.267. The molecule has 2 aromatic rings. The highest BCUT2D eigenvalue weighted by Gasteiger charge is 2.10. The number of para-hydroxylation sites is 1. The van der Waals surface area contributed by atoms with Crippen molar-refractivity contribution in [2.24, 2.45) is 5.10 Å². The van der Waals surface area contributed by atoms with E-state index in [1.165, 1.54) is 0 Å². The number of hydrogen-bond acceptors (Lipinski definition) is 3. The molecular weight excluding hydrogens is 282 g/mol. The maximum Gasteiger partial charge on any atom is 0.186 e. The summed E-state index contributed by atoms with van der Waals surface area (Å²) in [6.07, 6.45) is 1.75. The zero-order chi connectivity index (χ0) is 15.2. The van der Waals surface area contributed by atoms with Gasteiger partial charge in [0, 0.05) is 12.1 Å². The molecule has 0 amide bonds. The molecule has 1 aromatic heterocycles. The fourth-order valence-corrected chi connectivity index (χ4v) is 2.21. The Morgan fingerprint density at radius 2 is 2.05 bits per heavy atom. The molecule has 1 heterocycles. The van der Waals surface area contributed by atoms with Gasteiger partial charge in [-0.1, -0.05) is 18.2 Å². The SMILES string of the molecule is CCNC(=S)NN=Cc1c(C)nn(-c2ccccc2)c1C. The standard InChI is InChI=1S/C15H19N5S/c1-4-16-15(21)18-17-10-14-11(2)19-20(12(14)3)13-8-6-5-7-9-13/h5-10H,4H2,1-3H3,(H2,16,18,21). The summed E-state index contributed by atoms with van der Waals surface area (Å²) in [7, 11) is 0. The predicted molar refractivity (Wildman–Crippen MR) is 90.0 cm³/mol. The van der Waals surface area contributed by atoms with E-state index in [0.717, 1.165) is 29.2 Å². The molecule has 0 fully saturated rings. The van der Waals surface area contributed by atoms with Gasteiger partial charge in [-0.05, 0) is 45.1 Å². The third kappa shape index (κ3) is 3.66. The molecule has 0 bridgehead atoms. The van der Waals surface area contributed by atoms with Crippen molar-refractivity contribution >= 4 is 23.5 Å². The molecule has 0 aliphatic heterocycles. The van der Waals surface area contributed by atoms with Crippen LogP contribution in [0.4, 0.5) is 0 Å². The van der Waals surface area contributed by atoms with Crippen LogP contribution in [-0.2, 0) is 0 Å². The summed E-state index contributed by atoms with van der Waals surface area (Å²) < 4.78 is 1.92. The number of hydrogen-bond donors (Lipinski definition) is 2. The van der Waals surface area contributed by atoms with Crippen LogP contribution >= 0.6 is 12.2 Å². The summed E-state index contributed by atoms with van der Waals surface area (Å²) >= 11 is 5.06. The lowest BCUT2D eigenvalue weighted by Crippen LogP contribution is -2.31. The molecule has 0 unspecified atom stereocenters. The van der Waals surface area contributed by atoms with Crippen molar-refractivity contribution in [2.45, 2.75) is 20.8 Å². The monoisotopic (exact) mass is 301 g/mol.